The molecule has 6 nitrogen and oxygen atoms in total. The lowest BCUT2D eigenvalue weighted by atomic mass is 10.3. The number of anilines is 2. The van der Waals surface area contributed by atoms with Crippen molar-refractivity contribution >= 4 is 50.6 Å². The van der Waals surface area contributed by atoms with E-state index in [1.54, 1.807) is 36.4 Å². The van der Waals surface area contributed by atoms with E-state index < -0.39 is 9.84 Å². The van der Waals surface area contributed by atoms with Gasteiger partial charge in [0.05, 0.1) is 10.6 Å². The number of benzene rings is 2. The fourth-order valence-electron chi connectivity index (χ4n) is 2.13. The quantitative estimate of drug-likeness (QED) is 0.756. The van der Waals surface area contributed by atoms with Crippen LogP contribution in [0.5, 0.6) is 0 Å². The van der Waals surface area contributed by atoms with Crippen LogP contribution in [0.2, 0.25) is 5.02 Å². The molecular weight excluding hydrogens is 370 g/mol. The molecule has 24 heavy (non-hydrogen) atoms. The Hall–Kier alpha value is -1.90. The molecule has 0 fully saturated rings. The highest BCUT2D eigenvalue weighted by molar-refractivity contribution is 8.00. The lowest BCUT2D eigenvalue weighted by Crippen LogP contribution is -2.38. The summed E-state index contributed by atoms with van der Waals surface area (Å²) in [5, 5.41) is 9.17. The number of thioether (sulfide) groups is 1. The van der Waals surface area contributed by atoms with Gasteiger partial charge < -0.3 is 16.0 Å². The second kappa shape index (κ2) is 6.54. The van der Waals surface area contributed by atoms with Gasteiger partial charge in [-0.3, -0.25) is 0 Å². The summed E-state index contributed by atoms with van der Waals surface area (Å²) in [6.45, 7) is 0. The SMILES string of the molecule is CS(=O)(=O)c1ccc2c(c1)SC(NC(=O)Nc1ccc(Cl)cc1)N2. The molecular formula is C15H14ClN3O3S2. The predicted molar refractivity (Wildman–Crippen MR) is 96.4 cm³/mol. The third-order valence-corrected chi connectivity index (χ3v) is 5.70. The van der Waals surface area contributed by atoms with Crippen LogP contribution >= 0.6 is 23.4 Å². The number of nitrogens with one attached hydrogen (secondary N) is 3. The molecule has 0 saturated carbocycles. The van der Waals surface area contributed by atoms with E-state index in [2.05, 4.69) is 16.0 Å². The summed E-state index contributed by atoms with van der Waals surface area (Å²) in [6, 6.07) is 11.2. The number of rotatable bonds is 3. The molecule has 9 heteroatoms. The Bertz CT molecular complexity index is 885. The summed E-state index contributed by atoms with van der Waals surface area (Å²) in [7, 11) is -3.26. The van der Waals surface area contributed by atoms with Gasteiger partial charge in [-0.05, 0) is 42.5 Å². The Labute approximate surface area is 148 Å². The molecule has 2 amide bonds. The molecule has 0 bridgehead atoms. The molecule has 0 aromatic heterocycles. The average Bonchev–Trinajstić information content (AvgIpc) is 2.89. The van der Waals surface area contributed by atoms with Crippen LogP contribution in [0.3, 0.4) is 0 Å². The highest BCUT2D eigenvalue weighted by atomic mass is 35.5. The van der Waals surface area contributed by atoms with Gasteiger partial charge in [-0.25, -0.2) is 13.2 Å². The van der Waals surface area contributed by atoms with Crippen LogP contribution in [0, 0.1) is 0 Å². The summed E-state index contributed by atoms with van der Waals surface area (Å²) >= 11 is 7.14. The van der Waals surface area contributed by atoms with E-state index in [1.807, 2.05) is 0 Å². The van der Waals surface area contributed by atoms with Crippen molar-refractivity contribution in [1.29, 1.82) is 0 Å². The van der Waals surface area contributed by atoms with Crippen molar-refractivity contribution in [3.8, 4) is 0 Å². The summed E-state index contributed by atoms with van der Waals surface area (Å²) in [4.78, 5) is 13.1. The van der Waals surface area contributed by atoms with E-state index in [-0.39, 0.29) is 16.4 Å². The number of carbonyl (C=O) groups excluding carboxylic acids is 1. The van der Waals surface area contributed by atoms with Crippen molar-refractivity contribution in [3.05, 3.63) is 47.5 Å². The maximum atomic E-state index is 12.0. The minimum atomic E-state index is -3.26. The first-order valence-corrected chi connectivity index (χ1v) is 10.1. The van der Waals surface area contributed by atoms with E-state index in [1.165, 1.54) is 17.8 Å². The van der Waals surface area contributed by atoms with Crippen LogP contribution in [0.25, 0.3) is 0 Å². The second-order valence-corrected chi connectivity index (χ2v) is 8.78. The summed E-state index contributed by atoms with van der Waals surface area (Å²) in [6.07, 6.45) is 1.16. The molecule has 1 heterocycles. The predicted octanol–water partition coefficient (Wildman–Crippen LogP) is 3.37. The summed E-state index contributed by atoms with van der Waals surface area (Å²) in [5.41, 5.74) is 1.02. The van der Waals surface area contributed by atoms with Crippen molar-refractivity contribution in [2.24, 2.45) is 0 Å². The largest absolute Gasteiger partial charge is 0.356 e. The molecule has 2 aromatic rings. The third-order valence-electron chi connectivity index (χ3n) is 3.28. The Morgan fingerprint density at radius 3 is 2.58 bits per heavy atom. The first kappa shape index (κ1) is 16.9. The highest BCUT2D eigenvalue weighted by Crippen LogP contribution is 2.38. The van der Waals surface area contributed by atoms with Crippen LogP contribution in [0.15, 0.2) is 52.3 Å². The van der Waals surface area contributed by atoms with Crippen LogP contribution in [-0.4, -0.2) is 26.2 Å². The highest BCUT2D eigenvalue weighted by Gasteiger charge is 2.24. The third kappa shape index (κ3) is 3.95. The number of carbonyl (C=O) groups is 1. The molecule has 1 atom stereocenters. The van der Waals surface area contributed by atoms with E-state index in [0.717, 1.165) is 16.8 Å². The fraction of sp³-hybridized carbons (Fsp3) is 0.133. The molecule has 2 aromatic carbocycles. The summed E-state index contributed by atoms with van der Waals surface area (Å²) in [5.74, 6) is 0. The second-order valence-electron chi connectivity index (χ2n) is 5.18. The van der Waals surface area contributed by atoms with Crippen molar-refractivity contribution in [1.82, 2.24) is 5.32 Å². The number of amides is 2. The topological polar surface area (TPSA) is 87.3 Å². The molecule has 0 radical (unpaired) electrons. The molecule has 3 rings (SSSR count). The molecule has 1 unspecified atom stereocenters. The zero-order valence-electron chi connectivity index (χ0n) is 12.5. The monoisotopic (exact) mass is 383 g/mol. The van der Waals surface area contributed by atoms with Gasteiger partial charge in [-0.2, -0.15) is 0 Å². The van der Waals surface area contributed by atoms with Gasteiger partial charge in [0.15, 0.2) is 15.3 Å². The number of fused-ring (bicyclic) bond motifs is 1. The van der Waals surface area contributed by atoms with Crippen molar-refractivity contribution in [2.45, 2.75) is 15.3 Å². The molecule has 0 aliphatic carbocycles. The normalized spacial score (nSPS) is 16.2. The number of hydrogen-bond donors (Lipinski definition) is 3. The van der Waals surface area contributed by atoms with Gasteiger partial charge in [0.1, 0.15) is 0 Å². The van der Waals surface area contributed by atoms with Crippen LogP contribution in [0.1, 0.15) is 0 Å². The van der Waals surface area contributed by atoms with Crippen molar-refractivity contribution in [3.63, 3.8) is 0 Å². The van der Waals surface area contributed by atoms with E-state index >= 15 is 0 Å². The minimum absolute atomic E-state index is 0.252. The average molecular weight is 384 g/mol. The van der Waals surface area contributed by atoms with E-state index in [0.29, 0.717) is 10.7 Å². The molecule has 126 valence electrons. The number of halogens is 1. The number of urea groups is 1. The van der Waals surface area contributed by atoms with Gasteiger partial charge in [0.25, 0.3) is 0 Å². The van der Waals surface area contributed by atoms with E-state index in [9.17, 15) is 13.2 Å². The maximum absolute atomic E-state index is 12.0. The summed E-state index contributed by atoms with van der Waals surface area (Å²) < 4.78 is 23.2. The molecule has 0 spiro atoms. The first-order chi connectivity index (χ1) is 11.3. The zero-order valence-corrected chi connectivity index (χ0v) is 14.9. The van der Waals surface area contributed by atoms with Crippen molar-refractivity contribution < 1.29 is 13.2 Å². The lowest BCUT2D eigenvalue weighted by molar-refractivity contribution is 0.252. The van der Waals surface area contributed by atoms with Crippen LogP contribution in [0.4, 0.5) is 16.2 Å². The smallest absolute Gasteiger partial charge is 0.321 e. The Kier molecular flexibility index (Phi) is 4.62. The Balaban J connectivity index is 1.63. The molecule has 3 N–H and O–H groups in total. The number of hydrogen-bond acceptors (Lipinski definition) is 5. The number of sulfone groups is 1. The van der Waals surface area contributed by atoms with Gasteiger partial charge in [0, 0.05) is 21.9 Å². The van der Waals surface area contributed by atoms with Crippen molar-refractivity contribution in [2.75, 3.05) is 16.9 Å². The molecule has 0 saturated heterocycles. The standard InChI is InChI=1S/C15H14ClN3O3S2/c1-24(21,22)11-6-7-12-13(8-11)23-15(18-12)19-14(20)17-10-4-2-9(16)3-5-10/h2-8,15,18H,1H3,(H2,17,19,20). The Morgan fingerprint density at radius 1 is 1.21 bits per heavy atom. The van der Waals surface area contributed by atoms with Gasteiger partial charge in [-0.15, -0.1) is 0 Å². The van der Waals surface area contributed by atoms with Crippen LogP contribution < -0.4 is 16.0 Å². The van der Waals surface area contributed by atoms with Crippen LogP contribution in [-0.2, 0) is 9.84 Å². The Morgan fingerprint density at radius 2 is 1.92 bits per heavy atom. The van der Waals surface area contributed by atoms with E-state index in [4.69, 9.17) is 11.6 Å². The zero-order chi connectivity index (χ0) is 17.3. The fourth-order valence-corrected chi connectivity index (χ4v) is 4.04. The minimum Gasteiger partial charge on any atom is -0.356 e. The molecule has 1 aliphatic rings. The lowest BCUT2D eigenvalue weighted by Gasteiger charge is -2.13. The molecule has 1 aliphatic heterocycles. The van der Waals surface area contributed by atoms with Gasteiger partial charge in [0.2, 0.25) is 0 Å². The van der Waals surface area contributed by atoms with Gasteiger partial charge in [-0.1, -0.05) is 23.4 Å². The first-order valence-electron chi connectivity index (χ1n) is 6.92. The maximum Gasteiger partial charge on any atom is 0.321 e. The van der Waals surface area contributed by atoms with Gasteiger partial charge >= 0.3 is 6.03 Å².